The standard InChI is InChI=1S/C36H50N4O8/c1-5-7-13-28(42)37(4)25(3)31(26-11-9-8-10-12-26)47-35(45)29-27-14-15-36(48-27)30(29)33(43)40(19-22-41)32(36)34(44)39(16-6-2)18-17-38-20-23-46-24-21-38/h5-6,8-12,25,27,29-32,41H,1-2,7,13-24H2,3-4H3/t25-,27+,29-,30-,31+,32+,36-/m1/s1. The molecule has 0 aromatic heterocycles. The average Bonchev–Trinajstić information content (AvgIpc) is 3.75. The zero-order chi connectivity index (χ0) is 34.4. The molecule has 7 atom stereocenters. The number of aliphatic hydroxyl groups is 1. The van der Waals surface area contributed by atoms with Gasteiger partial charge in [0.05, 0.1) is 43.8 Å². The van der Waals surface area contributed by atoms with E-state index in [9.17, 15) is 24.3 Å². The molecule has 12 heteroatoms. The zero-order valence-corrected chi connectivity index (χ0v) is 28.2. The molecule has 48 heavy (non-hydrogen) atoms. The van der Waals surface area contributed by atoms with Crippen molar-refractivity contribution in [3.63, 3.8) is 0 Å². The van der Waals surface area contributed by atoms with Gasteiger partial charge in [0, 0.05) is 52.7 Å². The Balaban J connectivity index is 1.40. The molecule has 262 valence electrons. The van der Waals surface area contributed by atoms with Crippen LogP contribution in [0.2, 0.25) is 0 Å². The fourth-order valence-electron chi connectivity index (χ4n) is 7.88. The van der Waals surface area contributed by atoms with Crippen molar-refractivity contribution in [3.05, 3.63) is 61.2 Å². The number of hydrogen-bond donors (Lipinski definition) is 1. The lowest BCUT2D eigenvalue weighted by Crippen LogP contribution is -2.57. The summed E-state index contributed by atoms with van der Waals surface area (Å²) in [6, 6.07) is 7.73. The summed E-state index contributed by atoms with van der Waals surface area (Å²) in [5.41, 5.74) is -0.505. The van der Waals surface area contributed by atoms with Crippen molar-refractivity contribution in [1.29, 1.82) is 0 Å². The molecule has 1 aromatic rings. The minimum Gasteiger partial charge on any atom is -0.455 e. The van der Waals surface area contributed by atoms with Crippen LogP contribution in [0.3, 0.4) is 0 Å². The van der Waals surface area contributed by atoms with Crippen molar-refractivity contribution in [2.24, 2.45) is 11.8 Å². The summed E-state index contributed by atoms with van der Waals surface area (Å²) in [5, 5.41) is 10.00. The molecule has 1 aromatic carbocycles. The number of morpholine rings is 1. The Morgan fingerprint density at radius 2 is 1.88 bits per heavy atom. The second-order valence-electron chi connectivity index (χ2n) is 13.2. The lowest BCUT2D eigenvalue weighted by Gasteiger charge is -2.37. The number of fused-ring (bicyclic) bond motifs is 1. The van der Waals surface area contributed by atoms with Gasteiger partial charge in [-0.05, 0) is 31.7 Å². The highest BCUT2D eigenvalue weighted by molar-refractivity contribution is 5.98. The van der Waals surface area contributed by atoms with E-state index in [0.717, 1.165) is 13.1 Å². The number of allylic oxidation sites excluding steroid dienone is 1. The molecule has 0 unspecified atom stereocenters. The van der Waals surface area contributed by atoms with Crippen molar-refractivity contribution in [3.8, 4) is 0 Å². The minimum atomic E-state index is -1.22. The molecule has 4 aliphatic rings. The number of carbonyl (C=O) groups excluding carboxylic acids is 4. The number of rotatable bonds is 16. The fourth-order valence-corrected chi connectivity index (χ4v) is 7.88. The number of aliphatic hydroxyl groups excluding tert-OH is 1. The number of likely N-dealkylation sites (tertiary alicyclic amines) is 1. The highest BCUT2D eigenvalue weighted by atomic mass is 16.6. The van der Waals surface area contributed by atoms with Gasteiger partial charge in [-0.25, -0.2) is 0 Å². The van der Waals surface area contributed by atoms with E-state index in [1.807, 2.05) is 37.3 Å². The Bertz CT molecular complexity index is 1340. The molecule has 0 aliphatic carbocycles. The summed E-state index contributed by atoms with van der Waals surface area (Å²) in [5.74, 6) is -3.25. The van der Waals surface area contributed by atoms with Gasteiger partial charge in [-0.15, -0.1) is 13.2 Å². The Morgan fingerprint density at radius 1 is 1.15 bits per heavy atom. The largest absolute Gasteiger partial charge is 0.455 e. The maximum atomic E-state index is 14.4. The molecule has 12 nitrogen and oxygen atoms in total. The van der Waals surface area contributed by atoms with Crippen molar-refractivity contribution in [1.82, 2.24) is 19.6 Å². The zero-order valence-electron chi connectivity index (χ0n) is 28.2. The van der Waals surface area contributed by atoms with Gasteiger partial charge in [0.2, 0.25) is 17.7 Å². The van der Waals surface area contributed by atoms with Crippen LogP contribution < -0.4 is 0 Å². The first-order valence-electron chi connectivity index (χ1n) is 17.1. The molecule has 1 N–H and O–H groups in total. The number of ether oxygens (including phenoxy) is 3. The maximum Gasteiger partial charge on any atom is 0.313 e. The van der Waals surface area contributed by atoms with E-state index in [1.165, 1.54) is 4.90 Å². The summed E-state index contributed by atoms with van der Waals surface area (Å²) < 4.78 is 18.3. The number of carbonyl (C=O) groups is 4. The third-order valence-electron chi connectivity index (χ3n) is 10.5. The van der Waals surface area contributed by atoms with Gasteiger partial charge in [0.15, 0.2) is 0 Å². The van der Waals surface area contributed by atoms with E-state index in [1.54, 1.807) is 29.0 Å². The molecule has 2 bridgehead atoms. The number of likely N-dealkylation sites (N-methyl/N-ethyl adjacent to an activating group) is 1. The maximum absolute atomic E-state index is 14.4. The first-order chi connectivity index (χ1) is 23.2. The summed E-state index contributed by atoms with van der Waals surface area (Å²) in [4.78, 5) is 62.8. The first-order valence-corrected chi connectivity index (χ1v) is 17.1. The van der Waals surface area contributed by atoms with Crippen LogP contribution in [0.15, 0.2) is 55.6 Å². The van der Waals surface area contributed by atoms with Crippen molar-refractivity contribution in [2.75, 3.05) is 66.1 Å². The van der Waals surface area contributed by atoms with Gasteiger partial charge in [-0.3, -0.25) is 24.1 Å². The van der Waals surface area contributed by atoms with Crippen LogP contribution in [0.1, 0.15) is 44.3 Å². The van der Waals surface area contributed by atoms with Gasteiger partial charge < -0.3 is 34.0 Å². The normalized spacial score (nSPS) is 27.6. The predicted octanol–water partition coefficient (Wildman–Crippen LogP) is 1.80. The van der Waals surface area contributed by atoms with Crippen LogP contribution >= 0.6 is 0 Å². The van der Waals surface area contributed by atoms with Gasteiger partial charge in [0.1, 0.15) is 17.7 Å². The van der Waals surface area contributed by atoms with E-state index < -0.39 is 47.7 Å². The number of amides is 3. The number of nitrogens with zero attached hydrogens (tertiary/aromatic N) is 4. The molecule has 4 aliphatic heterocycles. The number of esters is 1. The monoisotopic (exact) mass is 666 g/mol. The van der Waals surface area contributed by atoms with Crippen LogP contribution in [0.25, 0.3) is 0 Å². The van der Waals surface area contributed by atoms with Crippen LogP contribution in [0, 0.1) is 11.8 Å². The minimum absolute atomic E-state index is 0.0596. The Hall–Kier alpha value is -3.58. The fraction of sp³-hybridized carbons (Fsp3) is 0.611. The summed E-state index contributed by atoms with van der Waals surface area (Å²) in [6.07, 6.45) is 3.67. The highest BCUT2D eigenvalue weighted by Crippen LogP contribution is 2.59. The average molecular weight is 667 g/mol. The van der Waals surface area contributed by atoms with Crippen LogP contribution in [-0.2, 0) is 33.4 Å². The van der Waals surface area contributed by atoms with Gasteiger partial charge in [-0.1, -0.05) is 42.5 Å². The molecule has 3 amide bonds. The Labute approximate surface area is 283 Å². The molecule has 4 heterocycles. The van der Waals surface area contributed by atoms with Gasteiger partial charge >= 0.3 is 5.97 Å². The molecular weight excluding hydrogens is 616 g/mol. The Morgan fingerprint density at radius 3 is 2.54 bits per heavy atom. The van der Waals surface area contributed by atoms with Gasteiger partial charge in [0.25, 0.3) is 0 Å². The molecule has 5 rings (SSSR count). The molecule has 4 fully saturated rings. The third kappa shape index (κ3) is 6.94. The van der Waals surface area contributed by atoms with E-state index in [0.29, 0.717) is 51.1 Å². The van der Waals surface area contributed by atoms with Crippen LogP contribution in [0.5, 0.6) is 0 Å². The van der Waals surface area contributed by atoms with E-state index in [-0.39, 0.29) is 43.8 Å². The van der Waals surface area contributed by atoms with Crippen LogP contribution in [-0.4, -0.2) is 138 Å². The van der Waals surface area contributed by atoms with Gasteiger partial charge in [-0.2, -0.15) is 0 Å². The summed E-state index contributed by atoms with van der Waals surface area (Å²) in [6.45, 7) is 13.2. The summed E-state index contributed by atoms with van der Waals surface area (Å²) in [7, 11) is 1.69. The SMILES string of the molecule is C=CCCC(=O)N(C)[C@H](C)[C@H](OC(=O)[C@@H]1[C@@H]2CC[C@]3(O2)[C@H](C(=O)N(CC=C)CCN2CCOCC2)N(CCO)C(=O)[C@@H]13)c1ccccc1. The molecule has 1 spiro atoms. The van der Waals surface area contributed by atoms with Crippen LogP contribution in [0.4, 0.5) is 0 Å². The Kier molecular flexibility index (Phi) is 11.7. The summed E-state index contributed by atoms with van der Waals surface area (Å²) >= 11 is 0. The second-order valence-corrected chi connectivity index (χ2v) is 13.2. The quantitative estimate of drug-likeness (QED) is 0.208. The number of hydrogen-bond acceptors (Lipinski definition) is 9. The number of β-amino-alcohol motifs (C(OH)–C–C–N with tert-alkyl or cyclic N) is 1. The second kappa shape index (κ2) is 15.8. The molecule has 4 saturated heterocycles. The van der Waals surface area contributed by atoms with Crippen molar-refractivity contribution < 1.29 is 38.5 Å². The van der Waals surface area contributed by atoms with E-state index in [2.05, 4.69) is 18.1 Å². The lowest BCUT2D eigenvalue weighted by molar-refractivity contribution is -0.164. The molecule has 0 saturated carbocycles. The molecular formula is C36H50N4O8. The smallest absolute Gasteiger partial charge is 0.313 e. The topological polar surface area (TPSA) is 129 Å². The van der Waals surface area contributed by atoms with E-state index >= 15 is 0 Å². The van der Waals surface area contributed by atoms with E-state index in [4.69, 9.17) is 14.2 Å². The predicted molar refractivity (Wildman–Crippen MR) is 177 cm³/mol. The highest BCUT2D eigenvalue weighted by Gasteiger charge is 2.75. The van der Waals surface area contributed by atoms with Crippen molar-refractivity contribution >= 4 is 23.7 Å². The number of benzene rings is 1. The van der Waals surface area contributed by atoms with Crippen molar-refractivity contribution in [2.45, 2.75) is 62.5 Å². The first kappa shape index (κ1) is 35.7. The lowest BCUT2D eigenvalue weighted by atomic mass is 9.70. The molecule has 0 radical (unpaired) electrons. The third-order valence-corrected chi connectivity index (χ3v) is 10.5.